The minimum absolute atomic E-state index is 0.000197. The fraction of sp³-hybridized carbons (Fsp3) is 0.359. The first kappa shape index (κ1) is 35.7. The second kappa shape index (κ2) is 15.8. The molecular formula is C39H41F4N3O3. The Morgan fingerprint density at radius 2 is 1.61 bits per heavy atom. The number of carbonyl (C=O) groups is 2. The summed E-state index contributed by atoms with van der Waals surface area (Å²) in [5.41, 5.74) is 2.63. The Morgan fingerprint density at radius 1 is 0.918 bits per heavy atom. The molecule has 49 heavy (non-hydrogen) atoms. The van der Waals surface area contributed by atoms with Crippen molar-refractivity contribution in [1.29, 1.82) is 0 Å². The van der Waals surface area contributed by atoms with Crippen LogP contribution in [0.1, 0.15) is 67.3 Å². The van der Waals surface area contributed by atoms with Crippen LogP contribution in [0.15, 0.2) is 79.1 Å². The molecule has 258 valence electrons. The molecule has 1 N–H and O–H groups in total. The Hall–Kier alpha value is -4.57. The Balaban J connectivity index is 1.25. The number of rotatable bonds is 12. The van der Waals surface area contributed by atoms with Crippen LogP contribution in [-0.2, 0) is 27.8 Å². The number of nitrogens with one attached hydrogen (secondary N) is 1. The topological polar surface area (TPSA) is 71.5 Å². The molecule has 2 heterocycles. The molecule has 4 aromatic rings. The fourth-order valence-corrected chi connectivity index (χ4v) is 6.28. The second-order valence-electron chi connectivity index (χ2n) is 13.5. The van der Waals surface area contributed by atoms with Crippen LogP contribution < -0.4 is 10.1 Å². The molecule has 0 bridgehead atoms. The normalized spacial score (nSPS) is 15.6. The molecule has 0 saturated carbocycles. The molecule has 0 spiro atoms. The lowest BCUT2D eigenvalue weighted by molar-refractivity contribution is -0.136. The van der Waals surface area contributed by atoms with Crippen LogP contribution in [0.25, 0.3) is 0 Å². The van der Waals surface area contributed by atoms with Gasteiger partial charge in [0, 0.05) is 56.7 Å². The number of benzene rings is 3. The molecule has 0 unspecified atom stereocenters. The molecule has 1 amide bonds. The Kier molecular flexibility index (Phi) is 11.5. The number of hydrogen-bond acceptors (Lipinski definition) is 5. The van der Waals surface area contributed by atoms with Crippen molar-refractivity contribution in [3.8, 4) is 5.75 Å². The Morgan fingerprint density at radius 3 is 2.29 bits per heavy atom. The van der Waals surface area contributed by atoms with E-state index < -0.39 is 29.2 Å². The minimum atomic E-state index is -0.794. The summed E-state index contributed by atoms with van der Waals surface area (Å²) in [6.07, 6.45) is 2.91. The van der Waals surface area contributed by atoms with Gasteiger partial charge in [-0.2, -0.15) is 0 Å². The Bertz CT molecular complexity index is 1740. The fourth-order valence-electron chi connectivity index (χ4n) is 6.28. The van der Waals surface area contributed by atoms with Crippen molar-refractivity contribution < 1.29 is 31.9 Å². The molecule has 0 aliphatic carbocycles. The number of piperazine rings is 1. The summed E-state index contributed by atoms with van der Waals surface area (Å²) in [4.78, 5) is 32.5. The largest absolute Gasteiger partial charge is 0.484 e. The van der Waals surface area contributed by atoms with Crippen LogP contribution in [0.4, 0.5) is 17.6 Å². The van der Waals surface area contributed by atoms with Gasteiger partial charge in [-0.15, -0.1) is 0 Å². The van der Waals surface area contributed by atoms with Gasteiger partial charge in [0.25, 0.3) is 5.91 Å². The quantitative estimate of drug-likeness (QED) is 0.163. The molecule has 6 nitrogen and oxygen atoms in total. The first-order chi connectivity index (χ1) is 23.4. The van der Waals surface area contributed by atoms with Crippen molar-refractivity contribution in [1.82, 2.24) is 15.2 Å². The highest BCUT2D eigenvalue weighted by molar-refractivity contribution is 5.82. The van der Waals surface area contributed by atoms with Gasteiger partial charge in [0.1, 0.15) is 34.8 Å². The number of halogens is 4. The van der Waals surface area contributed by atoms with E-state index in [0.29, 0.717) is 48.5 Å². The van der Waals surface area contributed by atoms with Crippen molar-refractivity contribution in [2.75, 3.05) is 26.2 Å². The van der Waals surface area contributed by atoms with E-state index in [0.717, 1.165) is 30.0 Å². The predicted octanol–water partition coefficient (Wildman–Crippen LogP) is 7.08. The van der Waals surface area contributed by atoms with E-state index in [-0.39, 0.29) is 54.6 Å². The molecular weight excluding hydrogens is 634 g/mol. The van der Waals surface area contributed by atoms with Crippen LogP contribution in [-0.4, -0.2) is 53.9 Å². The minimum Gasteiger partial charge on any atom is -0.484 e. The van der Waals surface area contributed by atoms with Crippen molar-refractivity contribution in [3.63, 3.8) is 0 Å². The highest BCUT2D eigenvalue weighted by atomic mass is 19.1. The molecule has 1 aliphatic heterocycles. The molecule has 5 rings (SSSR count). The average Bonchev–Trinajstić information content (AvgIpc) is 3.06. The van der Waals surface area contributed by atoms with Gasteiger partial charge in [0.15, 0.2) is 6.61 Å². The van der Waals surface area contributed by atoms with Gasteiger partial charge in [0.05, 0.1) is 6.20 Å². The summed E-state index contributed by atoms with van der Waals surface area (Å²) in [7, 11) is 0. The van der Waals surface area contributed by atoms with Gasteiger partial charge >= 0.3 is 0 Å². The van der Waals surface area contributed by atoms with Crippen molar-refractivity contribution in [2.24, 2.45) is 0 Å². The summed E-state index contributed by atoms with van der Waals surface area (Å²) < 4.78 is 63.1. The second-order valence-corrected chi connectivity index (χ2v) is 13.5. The first-order valence-electron chi connectivity index (χ1n) is 16.5. The van der Waals surface area contributed by atoms with Gasteiger partial charge in [-0.3, -0.25) is 14.6 Å². The standard InChI is InChI=1S/C39H41F4N3O3/c1-39(2,3)28-6-11-34(12-7-28)49-24-38(48)46-15-14-44-22-32(46)10-13-35-27(21-45-23-37(35)43)18-33(47)20-36(25-4-8-29(40)9-5-25)26-16-30(41)19-31(42)17-26/h4-9,11-12,16-17,19,21,23,32,36,44H,10,13-15,18,20,22,24H2,1-3H3/t32-,36-/m0/s1. The van der Waals surface area contributed by atoms with Crippen LogP contribution in [0.3, 0.4) is 0 Å². The number of nitrogens with zero attached hydrogens (tertiary/aromatic N) is 2. The molecule has 1 saturated heterocycles. The van der Waals surface area contributed by atoms with E-state index in [9.17, 15) is 22.8 Å². The average molecular weight is 676 g/mol. The lowest BCUT2D eigenvalue weighted by atomic mass is 9.85. The maximum Gasteiger partial charge on any atom is 0.260 e. The van der Waals surface area contributed by atoms with E-state index in [2.05, 4.69) is 31.1 Å². The van der Waals surface area contributed by atoms with Crippen molar-refractivity contribution in [2.45, 2.75) is 63.8 Å². The lowest BCUT2D eigenvalue weighted by Gasteiger charge is -2.36. The summed E-state index contributed by atoms with van der Waals surface area (Å²) >= 11 is 0. The zero-order chi connectivity index (χ0) is 35.1. The smallest absolute Gasteiger partial charge is 0.260 e. The first-order valence-corrected chi connectivity index (χ1v) is 16.5. The van der Waals surface area contributed by atoms with E-state index >= 15 is 4.39 Å². The molecule has 10 heteroatoms. The van der Waals surface area contributed by atoms with Gasteiger partial charge < -0.3 is 15.0 Å². The molecule has 0 radical (unpaired) electrons. The van der Waals surface area contributed by atoms with Crippen LogP contribution >= 0.6 is 0 Å². The van der Waals surface area contributed by atoms with Crippen LogP contribution in [0, 0.1) is 23.3 Å². The number of carbonyl (C=O) groups excluding carboxylic acids is 2. The third kappa shape index (κ3) is 9.53. The number of hydrogen-bond donors (Lipinski definition) is 1. The summed E-state index contributed by atoms with van der Waals surface area (Å²) in [5.74, 6) is -3.26. The third-order valence-electron chi connectivity index (χ3n) is 8.95. The number of ether oxygens (including phenoxy) is 1. The lowest BCUT2D eigenvalue weighted by Crippen LogP contribution is -2.54. The zero-order valence-electron chi connectivity index (χ0n) is 27.9. The van der Waals surface area contributed by atoms with Gasteiger partial charge in [0.2, 0.25) is 0 Å². The van der Waals surface area contributed by atoms with E-state index in [1.54, 1.807) is 4.90 Å². The van der Waals surface area contributed by atoms with Gasteiger partial charge in [-0.25, -0.2) is 17.6 Å². The maximum absolute atomic E-state index is 15.2. The third-order valence-corrected chi connectivity index (χ3v) is 8.95. The van der Waals surface area contributed by atoms with E-state index in [1.165, 1.54) is 30.5 Å². The van der Waals surface area contributed by atoms with Crippen LogP contribution in [0.5, 0.6) is 5.75 Å². The molecule has 1 aliphatic rings. The number of Topliss-reactive ketones (excluding diaryl/α,β-unsaturated/α-hetero) is 1. The maximum atomic E-state index is 15.2. The summed E-state index contributed by atoms with van der Waals surface area (Å²) in [6, 6.07) is 15.9. The highest BCUT2D eigenvalue weighted by Crippen LogP contribution is 2.31. The molecule has 2 atom stereocenters. The highest BCUT2D eigenvalue weighted by Gasteiger charge is 2.28. The molecule has 1 aromatic heterocycles. The summed E-state index contributed by atoms with van der Waals surface area (Å²) in [6.45, 7) is 7.87. The van der Waals surface area contributed by atoms with E-state index in [1.807, 2.05) is 24.3 Å². The monoisotopic (exact) mass is 675 g/mol. The van der Waals surface area contributed by atoms with Crippen molar-refractivity contribution in [3.05, 3.63) is 130 Å². The number of pyridine rings is 1. The van der Waals surface area contributed by atoms with Crippen molar-refractivity contribution >= 4 is 11.7 Å². The number of aromatic nitrogens is 1. The summed E-state index contributed by atoms with van der Waals surface area (Å²) in [5, 5.41) is 3.30. The van der Waals surface area contributed by atoms with E-state index in [4.69, 9.17) is 4.74 Å². The van der Waals surface area contributed by atoms with Crippen LogP contribution in [0.2, 0.25) is 0 Å². The van der Waals surface area contributed by atoms with Gasteiger partial charge in [-0.1, -0.05) is 45.0 Å². The number of ketones is 1. The predicted molar refractivity (Wildman–Crippen MR) is 179 cm³/mol. The molecule has 3 aromatic carbocycles. The van der Waals surface area contributed by atoms with Gasteiger partial charge in [-0.05, 0) is 82.5 Å². The molecule has 1 fully saturated rings. The number of amides is 1. The zero-order valence-corrected chi connectivity index (χ0v) is 27.9. The Labute approximate surface area is 284 Å². The SMILES string of the molecule is CC(C)(C)c1ccc(OCC(=O)N2CCNC[C@@H]2CCc2c(F)cncc2CC(=O)C[C@@H](c2ccc(F)cc2)c2cc(F)cc(F)c2)cc1.